The van der Waals surface area contributed by atoms with Gasteiger partial charge in [0.05, 0.1) is 16.9 Å². The van der Waals surface area contributed by atoms with E-state index in [0.717, 1.165) is 34.5 Å². The number of para-hydroxylation sites is 1. The van der Waals surface area contributed by atoms with Crippen LogP contribution in [0.1, 0.15) is 12.6 Å². The van der Waals surface area contributed by atoms with E-state index in [-0.39, 0.29) is 0 Å². The minimum Gasteiger partial charge on any atom is -0.357 e. The lowest BCUT2D eigenvalue weighted by Crippen LogP contribution is -2.02. The van der Waals surface area contributed by atoms with Crippen molar-refractivity contribution in [3.8, 4) is 0 Å². The number of nitrogens with zero attached hydrogens (tertiary/aromatic N) is 4. The first-order chi connectivity index (χ1) is 10.2. The summed E-state index contributed by atoms with van der Waals surface area (Å²) in [6.45, 7) is 2.09. The Bertz CT molecular complexity index is 777. The average Bonchev–Trinajstić information content (AvgIpc) is 2.86. The molecule has 3 rings (SSSR count). The van der Waals surface area contributed by atoms with Gasteiger partial charge < -0.3 is 10.6 Å². The predicted molar refractivity (Wildman–Crippen MR) is 85.0 cm³/mol. The summed E-state index contributed by atoms with van der Waals surface area (Å²) in [5, 5.41) is 11.8. The standard InChI is InChI=1S/C15H18N6/c1-4-11-13(9-21(3)20-11)17-14-10-7-5-6-8-12(10)18-15(16-2)19-14/h5-9H,4H2,1-3H3,(H2,16,17,18,19). The van der Waals surface area contributed by atoms with Gasteiger partial charge in [-0.3, -0.25) is 4.68 Å². The number of aryl methyl sites for hydroxylation is 2. The lowest BCUT2D eigenvalue weighted by Gasteiger charge is -2.10. The van der Waals surface area contributed by atoms with Crippen molar-refractivity contribution in [3.05, 3.63) is 36.2 Å². The van der Waals surface area contributed by atoms with Crippen LogP contribution >= 0.6 is 0 Å². The molecule has 0 saturated carbocycles. The molecule has 0 bridgehead atoms. The van der Waals surface area contributed by atoms with Gasteiger partial charge >= 0.3 is 0 Å². The summed E-state index contributed by atoms with van der Waals surface area (Å²) in [5.74, 6) is 1.38. The number of aromatic nitrogens is 4. The van der Waals surface area contributed by atoms with Gasteiger partial charge in [0, 0.05) is 25.7 Å². The van der Waals surface area contributed by atoms with Crippen LogP contribution in [0.3, 0.4) is 0 Å². The zero-order chi connectivity index (χ0) is 14.8. The van der Waals surface area contributed by atoms with Crippen molar-refractivity contribution in [2.75, 3.05) is 17.7 Å². The van der Waals surface area contributed by atoms with E-state index in [9.17, 15) is 0 Å². The maximum atomic E-state index is 4.53. The van der Waals surface area contributed by atoms with Crippen LogP contribution in [0.15, 0.2) is 30.5 Å². The van der Waals surface area contributed by atoms with E-state index in [1.807, 2.05) is 49.2 Å². The minimum atomic E-state index is 0.595. The van der Waals surface area contributed by atoms with Crippen molar-refractivity contribution >= 4 is 28.4 Å². The van der Waals surface area contributed by atoms with Crippen LogP contribution in [0.4, 0.5) is 17.5 Å². The maximum Gasteiger partial charge on any atom is 0.224 e. The second-order valence-corrected chi connectivity index (χ2v) is 4.80. The maximum absolute atomic E-state index is 4.53. The van der Waals surface area contributed by atoms with Crippen molar-refractivity contribution < 1.29 is 0 Å². The van der Waals surface area contributed by atoms with Crippen LogP contribution in [0, 0.1) is 0 Å². The first-order valence-corrected chi connectivity index (χ1v) is 6.95. The van der Waals surface area contributed by atoms with Crippen LogP contribution in [0.25, 0.3) is 10.9 Å². The largest absolute Gasteiger partial charge is 0.357 e. The molecule has 6 heteroatoms. The second-order valence-electron chi connectivity index (χ2n) is 4.80. The fraction of sp³-hybridized carbons (Fsp3) is 0.267. The lowest BCUT2D eigenvalue weighted by molar-refractivity contribution is 0.746. The smallest absolute Gasteiger partial charge is 0.224 e. The lowest BCUT2D eigenvalue weighted by atomic mass is 10.2. The molecule has 0 aliphatic carbocycles. The van der Waals surface area contributed by atoms with Gasteiger partial charge in [0.1, 0.15) is 5.82 Å². The Balaban J connectivity index is 2.10. The molecule has 2 N–H and O–H groups in total. The minimum absolute atomic E-state index is 0.595. The summed E-state index contributed by atoms with van der Waals surface area (Å²) in [4.78, 5) is 8.99. The molecule has 0 amide bonds. The highest BCUT2D eigenvalue weighted by atomic mass is 15.3. The number of hydrogen-bond donors (Lipinski definition) is 2. The topological polar surface area (TPSA) is 67.7 Å². The highest BCUT2D eigenvalue weighted by Gasteiger charge is 2.11. The summed E-state index contributed by atoms with van der Waals surface area (Å²) in [7, 11) is 3.73. The first kappa shape index (κ1) is 13.4. The zero-order valence-electron chi connectivity index (χ0n) is 12.4. The number of benzene rings is 1. The molecule has 0 aliphatic heterocycles. The average molecular weight is 282 g/mol. The molecule has 2 heterocycles. The Hall–Kier alpha value is -2.63. The SMILES string of the molecule is CCc1nn(C)cc1Nc1nc(NC)nc2ccccc12. The zero-order valence-corrected chi connectivity index (χ0v) is 12.4. The van der Waals surface area contributed by atoms with Gasteiger partial charge in [-0.25, -0.2) is 4.98 Å². The van der Waals surface area contributed by atoms with Gasteiger partial charge in [0.2, 0.25) is 5.95 Å². The van der Waals surface area contributed by atoms with Gasteiger partial charge in [-0.1, -0.05) is 19.1 Å². The third-order valence-corrected chi connectivity index (χ3v) is 3.32. The van der Waals surface area contributed by atoms with Crippen molar-refractivity contribution in [2.24, 2.45) is 7.05 Å². The quantitative estimate of drug-likeness (QED) is 0.770. The van der Waals surface area contributed by atoms with Gasteiger partial charge in [-0.15, -0.1) is 0 Å². The molecule has 6 nitrogen and oxygen atoms in total. The number of nitrogens with one attached hydrogen (secondary N) is 2. The Morgan fingerprint density at radius 1 is 1.19 bits per heavy atom. The van der Waals surface area contributed by atoms with Crippen LogP contribution in [-0.4, -0.2) is 26.8 Å². The molecular weight excluding hydrogens is 264 g/mol. The predicted octanol–water partition coefficient (Wildman–Crippen LogP) is 2.71. The summed E-state index contributed by atoms with van der Waals surface area (Å²) >= 11 is 0. The monoisotopic (exact) mass is 282 g/mol. The summed E-state index contributed by atoms with van der Waals surface area (Å²) < 4.78 is 1.81. The third kappa shape index (κ3) is 2.52. The van der Waals surface area contributed by atoms with Crippen LogP contribution < -0.4 is 10.6 Å². The molecule has 0 atom stereocenters. The summed E-state index contributed by atoms with van der Waals surface area (Å²) in [6.07, 6.45) is 2.83. The van der Waals surface area contributed by atoms with Crippen molar-refractivity contribution in [1.29, 1.82) is 0 Å². The molecular formula is C15H18N6. The van der Waals surface area contributed by atoms with Gasteiger partial charge in [-0.05, 0) is 18.6 Å². The van der Waals surface area contributed by atoms with E-state index in [4.69, 9.17) is 0 Å². The van der Waals surface area contributed by atoms with Crippen LogP contribution in [0.2, 0.25) is 0 Å². The van der Waals surface area contributed by atoms with Crippen molar-refractivity contribution in [1.82, 2.24) is 19.7 Å². The van der Waals surface area contributed by atoms with E-state index in [1.54, 1.807) is 0 Å². The van der Waals surface area contributed by atoms with E-state index in [0.29, 0.717) is 5.95 Å². The second kappa shape index (κ2) is 5.40. The Labute approximate surface area is 123 Å². The van der Waals surface area contributed by atoms with Gasteiger partial charge in [-0.2, -0.15) is 10.1 Å². The van der Waals surface area contributed by atoms with Crippen LogP contribution in [-0.2, 0) is 13.5 Å². The molecule has 1 aromatic carbocycles. The highest BCUT2D eigenvalue weighted by molar-refractivity contribution is 5.91. The van der Waals surface area contributed by atoms with E-state index < -0.39 is 0 Å². The molecule has 108 valence electrons. The first-order valence-electron chi connectivity index (χ1n) is 6.95. The normalized spacial score (nSPS) is 10.8. The number of rotatable bonds is 4. The Morgan fingerprint density at radius 3 is 2.76 bits per heavy atom. The fourth-order valence-corrected chi connectivity index (χ4v) is 2.31. The van der Waals surface area contributed by atoms with Crippen molar-refractivity contribution in [2.45, 2.75) is 13.3 Å². The molecule has 21 heavy (non-hydrogen) atoms. The molecule has 0 radical (unpaired) electrons. The van der Waals surface area contributed by atoms with Gasteiger partial charge in [0.15, 0.2) is 0 Å². The fourth-order valence-electron chi connectivity index (χ4n) is 2.31. The van der Waals surface area contributed by atoms with E-state index in [1.165, 1.54) is 0 Å². The Kier molecular flexibility index (Phi) is 3.43. The number of hydrogen-bond acceptors (Lipinski definition) is 5. The van der Waals surface area contributed by atoms with Gasteiger partial charge in [0.25, 0.3) is 0 Å². The summed E-state index contributed by atoms with van der Waals surface area (Å²) in [6, 6.07) is 7.95. The highest BCUT2D eigenvalue weighted by Crippen LogP contribution is 2.26. The molecule has 3 aromatic rings. The third-order valence-electron chi connectivity index (χ3n) is 3.32. The van der Waals surface area contributed by atoms with E-state index in [2.05, 4.69) is 32.6 Å². The van der Waals surface area contributed by atoms with Crippen LogP contribution in [0.5, 0.6) is 0 Å². The molecule has 2 aromatic heterocycles. The Morgan fingerprint density at radius 2 is 2.00 bits per heavy atom. The summed E-state index contributed by atoms with van der Waals surface area (Å²) in [5.41, 5.74) is 2.90. The molecule has 0 saturated heterocycles. The molecule has 0 spiro atoms. The van der Waals surface area contributed by atoms with E-state index >= 15 is 0 Å². The number of fused-ring (bicyclic) bond motifs is 1. The van der Waals surface area contributed by atoms with Crippen molar-refractivity contribution in [3.63, 3.8) is 0 Å². The number of anilines is 3. The molecule has 0 unspecified atom stereocenters. The molecule has 0 fully saturated rings. The molecule has 0 aliphatic rings.